The molecule has 0 N–H and O–H groups in total. The fourth-order valence-electron chi connectivity index (χ4n) is 1.39. The van der Waals surface area contributed by atoms with E-state index in [4.69, 9.17) is 10.7 Å². The van der Waals surface area contributed by atoms with Gasteiger partial charge in [-0.2, -0.15) is 0 Å². The smallest absolute Gasteiger partial charge is 0.212 e. The molecule has 0 fully saturated rings. The van der Waals surface area contributed by atoms with Crippen LogP contribution in [0, 0.1) is 25.5 Å². The first kappa shape index (κ1) is 13.4. The molecule has 0 saturated carbocycles. The molecule has 1 aromatic rings. The van der Waals surface area contributed by atoms with Gasteiger partial charge in [0.05, 0.1) is 5.75 Å². The summed E-state index contributed by atoms with van der Waals surface area (Å²) in [6.07, 6.45) is 0.00574. The minimum absolute atomic E-state index is 0.00574. The molecule has 6 heteroatoms. The first-order valence-corrected chi connectivity index (χ1v) is 7.06. The third-order valence-corrected chi connectivity index (χ3v) is 3.57. The van der Waals surface area contributed by atoms with E-state index in [9.17, 15) is 17.2 Å². The highest BCUT2D eigenvalue weighted by Gasteiger charge is 2.14. The summed E-state index contributed by atoms with van der Waals surface area (Å²) in [4.78, 5) is 0. The first-order valence-electron chi connectivity index (χ1n) is 4.59. The topological polar surface area (TPSA) is 34.1 Å². The minimum atomic E-state index is -3.65. The first-order chi connectivity index (χ1) is 7.22. The Kier molecular flexibility index (Phi) is 3.91. The molecule has 1 rings (SSSR count). The van der Waals surface area contributed by atoms with Crippen LogP contribution in [0.2, 0.25) is 0 Å². The van der Waals surface area contributed by atoms with Crippen LogP contribution in [0.5, 0.6) is 0 Å². The van der Waals surface area contributed by atoms with Crippen LogP contribution in [0.4, 0.5) is 8.78 Å². The van der Waals surface area contributed by atoms with E-state index < -0.39 is 20.7 Å². The van der Waals surface area contributed by atoms with Gasteiger partial charge < -0.3 is 0 Å². The van der Waals surface area contributed by atoms with Gasteiger partial charge in [-0.05, 0) is 37.5 Å². The summed E-state index contributed by atoms with van der Waals surface area (Å²) in [6.45, 7) is 2.82. The fourth-order valence-corrected chi connectivity index (χ4v) is 2.08. The predicted molar refractivity (Wildman–Crippen MR) is 59.2 cm³/mol. The van der Waals surface area contributed by atoms with E-state index in [-0.39, 0.29) is 23.3 Å². The summed E-state index contributed by atoms with van der Waals surface area (Å²) >= 11 is 0. The second-order valence-corrected chi connectivity index (χ2v) is 6.47. The van der Waals surface area contributed by atoms with E-state index in [0.717, 1.165) is 6.07 Å². The standard InChI is InChI=1S/C10H11ClF2O2S/c1-6-8(3-4-16(11,14)15)5-9(12)7(2)10(6)13/h5H,3-4H2,1-2H3. The lowest BCUT2D eigenvalue weighted by Crippen LogP contribution is -2.05. The van der Waals surface area contributed by atoms with Crippen LogP contribution in [-0.2, 0) is 15.5 Å². The molecule has 16 heavy (non-hydrogen) atoms. The Morgan fingerprint density at radius 3 is 2.31 bits per heavy atom. The van der Waals surface area contributed by atoms with Crippen LogP contribution in [0.1, 0.15) is 16.7 Å². The van der Waals surface area contributed by atoms with Crippen molar-refractivity contribution in [2.24, 2.45) is 0 Å². The molecule has 0 amide bonds. The average Bonchev–Trinajstić information content (AvgIpc) is 2.17. The summed E-state index contributed by atoms with van der Waals surface area (Å²) in [7, 11) is 1.38. The largest absolute Gasteiger partial charge is 0.232 e. The van der Waals surface area contributed by atoms with Crippen LogP contribution in [0.25, 0.3) is 0 Å². The van der Waals surface area contributed by atoms with Gasteiger partial charge in [-0.3, -0.25) is 0 Å². The van der Waals surface area contributed by atoms with Gasteiger partial charge >= 0.3 is 0 Å². The van der Waals surface area contributed by atoms with Crippen molar-refractivity contribution in [2.45, 2.75) is 20.3 Å². The maximum atomic E-state index is 13.4. The van der Waals surface area contributed by atoms with Crippen LogP contribution < -0.4 is 0 Å². The van der Waals surface area contributed by atoms with Gasteiger partial charge in [0.2, 0.25) is 9.05 Å². The molecule has 0 spiro atoms. The Hall–Kier alpha value is -0.680. The summed E-state index contributed by atoms with van der Waals surface area (Å²) in [5, 5.41) is 0. The molecule has 0 aliphatic rings. The van der Waals surface area contributed by atoms with Gasteiger partial charge in [0.25, 0.3) is 0 Å². The molecule has 0 aromatic heterocycles. The number of rotatable bonds is 3. The molecule has 0 heterocycles. The normalized spacial score (nSPS) is 11.8. The van der Waals surface area contributed by atoms with Crippen LogP contribution >= 0.6 is 10.7 Å². The maximum Gasteiger partial charge on any atom is 0.232 e. The number of hydrogen-bond donors (Lipinski definition) is 0. The zero-order valence-electron chi connectivity index (χ0n) is 8.85. The van der Waals surface area contributed by atoms with E-state index in [0.29, 0.717) is 5.56 Å². The van der Waals surface area contributed by atoms with Crippen LogP contribution in [0.15, 0.2) is 6.07 Å². The molecule has 0 aliphatic heterocycles. The third-order valence-electron chi connectivity index (χ3n) is 2.41. The number of benzene rings is 1. The SMILES string of the molecule is Cc1c(F)cc(CCS(=O)(=O)Cl)c(C)c1F. The van der Waals surface area contributed by atoms with Crippen molar-refractivity contribution in [1.29, 1.82) is 0 Å². The average molecular weight is 269 g/mol. The molecule has 0 unspecified atom stereocenters. The van der Waals surface area contributed by atoms with Gasteiger partial charge in [0, 0.05) is 16.2 Å². The molecule has 0 atom stereocenters. The minimum Gasteiger partial charge on any atom is -0.212 e. The Bertz CT molecular complexity index is 512. The molecule has 0 radical (unpaired) electrons. The van der Waals surface area contributed by atoms with E-state index >= 15 is 0 Å². The highest BCUT2D eigenvalue weighted by molar-refractivity contribution is 8.13. The molecule has 2 nitrogen and oxygen atoms in total. The second-order valence-electron chi connectivity index (χ2n) is 3.57. The van der Waals surface area contributed by atoms with Gasteiger partial charge in [0.1, 0.15) is 11.6 Å². The second kappa shape index (κ2) is 4.67. The van der Waals surface area contributed by atoms with Crippen molar-refractivity contribution in [2.75, 3.05) is 5.75 Å². The Balaban J connectivity index is 3.07. The van der Waals surface area contributed by atoms with E-state index in [1.165, 1.54) is 13.8 Å². The highest BCUT2D eigenvalue weighted by Crippen LogP contribution is 2.20. The molecular formula is C10H11ClF2O2S. The highest BCUT2D eigenvalue weighted by atomic mass is 35.7. The van der Waals surface area contributed by atoms with Crippen LogP contribution in [0.3, 0.4) is 0 Å². The number of hydrogen-bond acceptors (Lipinski definition) is 2. The summed E-state index contributed by atoms with van der Waals surface area (Å²) < 4.78 is 48.1. The van der Waals surface area contributed by atoms with Gasteiger partial charge in [0.15, 0.2) is 0 Å². The van der Waals surface area contributed by atoms with E-state index in [1.807, 2.05) is 0 Å². The van der Waals surface area contributed by atoms with E-state index in [1.54, 1.807) is 0 Å². The van der Waals surface area contributed by atoms with Crippen molar-refractivity contribution in [3.05, 3.63) is 34.4 Å². The van der Waals surface area contributed by atoms with Crippen molar-refractivity contribution in [3.8, 4) is 0 Å². The van der Waals surface area contributed by atoms with Crippen LogP contribution in [-0.4, -0.2) is 14.2 Å². The zero-order valence-corrected chi connectivity index (χ0v) is 10.4. The fraction of sp³-hybridized carbons (Fsp3) is 0.400. The van der Waals surface area contributed by atoms with Gasteiger partial charge in [-0.25, -0.2) is 17.2 Å². The molecule has 0 saturated heterocycles. The van der Waals surface area contributed by atoms with Crippen molar-refractivity contribution in [3.63, 3.8) is 0 Å². The summed E-state index contributed by atoms with van der Waals surface area (Å²) in [5.41, 5.74) is 0.527. The monoisotopic (exact) mass is 268 g/mol. The quantitative estimate of drug-likeness (QED) is 0.790. The summed E-state index contributed by atoms with van der Waals surface area (Å²) in [6, 6.07) is 1.15. The predicted octanol–water partition coefficient (Wildman–Crippen LogP) is 2.69. The lowest BCUT2D eigenvalue weighted by atomic mass is 10.0. The number of aryl methyl sites for hydroxylation is 1. The Morgan fingerprint density at radius 2 is 1.81 bits per heavy atom. The molecule has 0 bridgehead atoms. The molecule has 0 aliphatic carbocycles. The Labute approximate surface area is 97.7 Å². The lowest BCUT2D eigenvalue weighted by Gasteiger charge is -2.09. The number of halogens is 3. The van der Waals surface area contributed by atoms with Gasteiger partial charge in [-0.1, -0.05) is 0 Å². The summed E-state index contributed by atoms with van der Waals surface area (Å²) in [5.74, 6) is -1.65. The van der Waals surface area contributed by atoms with Crippen molar-refractivity contribution >= 4 is 19.7 Å². The molecule has 90 valence electrons. The van der Waals surface area contributed by atoms with E-state index in [2.05, 4.69) is 0 Å². The molecular weight excluding hydrogens is 258 g/mol. The Morgan fingerprint density at radius 1 is 1.25 bits per heavy atom. The maximum absolute atomic E-state index is 13.4. The van der Waals surface area contributed by atoms with Crippen molar-refractivity contribution < 1.29 is 17.2 Å². The molecule has 1 aromatic carbocycles. The zero-order chi connectivity index (χ0) is 12.5. The van der Waals surface area contributed by atoms with Gasteiger partial charge in [-0.15, -0.1) is 0 Å². The third kappa shape index (κ3) is 3.15. The lowest BCUT2D eigenvalue weighted by molar-refractivity contribution is 0.558. The van der Waals surface area contributed by atoms with Crippen molar-refractivity contribution in [1.82, 2.24) is 0 Å².